The highest BCUT2D eigenvalue weighted by atomic mass is 79.9. The molecule has 2 aromatic carbocycles. The van der Waals surface area contributed by atoms with Gasteiger partial charge in [0.25, 0.3) is 0 Å². The number of hydrogen-bond donors (Lipinski definition) is 3. The predicted octanol–water partition coefficient (Wildman–Crippen LogP) is 10.3. The number of carbonyl (C=O) groups excluding carboxylic acids is 2. The van der Waals surface area contributed by atoms with Crippen LogP contribution in [-0.4, -0.2) is 90.7 Å². The van der Waals surface area contributed by atoms with Crippen LogP contribution in [0, 0.1) is 5.82 Å². The smallest absolute Gasteiger partial charge is 0.434 e. The number of rotatable bonds is 16. The first-order valence-electron chi connectivity index (χ1n) is 19.2. The summed E-state index contributed by atoms with van der Waals surface area (Å²) in [6.45, 7) is 4.95. The molecular formula is C40H51BrCl2F4N5O9PS2. The summed E-state index contributed by atoms with van der Waals surface area (Å²) in [5, 5.41) is 21.3. The van der Waals surface area contributed by atoms with E-state index in [-0.39, 0.29) is 32.3 Å². The van der Waals surface area contributed by atoms with Crippen molar-refractivity contribution in [2.24, 2.45) is 7.05 Å². The van der Waals surface area contributed by atoms with Gasteiger partial charge in [-0.3, -0.25) is 14.8 Å². The number of thioether (sulfide) groups is 1. The van der Waals surface area contributed by atoms with Gasteiger partial charge >= 0.3 is 23.4 Å². The minimum Gasteiger partial charge on any atom is -0.778 e. The maximum Gasteiger partial charge on any atom is 0.434 e. The number of alkyl halides is 3. The molecule has 4 aromatic rings. The SMILES string of the molecule is CC(C)OC(=O)c1cc(-c2nn(C)c(C(F)(F)F)c2Br)c(F)cc1Cl.CCCCCCCCSC(=O)Oc1cc(Cl)nnc1-c1ccccc1.C[S+](C)C.O=C(O)CNCP(=O)([O-])O. The van der Waals surface area contributed by atoms with Gasteiger partial charge in [0.05, 0.1) is 52.8 Å². The van der Waals surface area contributed by atoms with E-state index in [9.17, 15) is 41.4 Å². The Labute approximate surface area is 395 Å². The van der Waals surface area contributed by atoms with Crippen LogP contribution in [0.2, 0.25) is 10.2 Å². The molecule has 0 spiro atoms. The molecule has 1 atom stereocenters. The zero-order valence-corrected chi connectivity index (χ0v) is 41.6. The maximum atomic E-state index is 14.3. The lowest BCUT2D eigenvalue weighted by Gasteiger charge is -2.14. The van der Waals surface area contributed by atoms with E-state index in [1.807, 2.05) is 35.6 Å². The van der Waals surface area contributed by atoms with Crippen LogP contribution >= 0.6 is 58.5 Å². The average molecular weight is 1070 g/mol. The average Bonchev–Trinajstić information content (AvgIpc) is 3.47. The van der Waals surface area contributed by atoms with Crippen LogP contribution in [0.5, 0.6) is 5.75 Å². The number of carboxylic acids is 1. The lowest BCUT2D eigenvalue weighted by Crippen LogP contribution is -2.25. The van der Waals surface area contributed by atoms with Gasteiger partial charge < -0.3 is 28.9 Å². The number of ether oxygens (including phenoxy) is 2. The number of hydrogen-bond acceptors (Lipinski definition) is 12. The fourth-order valence-electron chi connectivity index (χ4n) is 4.83. The molecule has 0 aliphatic carbocycles. The first kappa shape index (κ1) is 58.7. The van der Waals surface area contributed by atoms with Crippen LogP contribution in [0.1, 0.15) is 75.3 Å². The van der Waals surface area contributed by atoms with Gasteiger partial charge in [0.15, 0.2) is 16.6 Å². The summed E-state index contributed by atoms with van der Waals surface area (Å²) < 4.78 is 74.0. The minimum atomic E-state index is -4.69. The molecule has 0 saturated heterocycles. The van der Waals surface area contributed by atoms with Gasteiger partial charge in [0, 0.05) is 30.0 Å². The van der Waals surface area contributed by atoms with E-state index in [2.05, 4.69) is 56.9 Å². The quantitative estimate of drug-likeness (QED) is 0.0314. The number of esters is 1. The summed E-state index contributed by atoms with van der Waals surface area (Å²) >= 11 is 15.8. The summed E-state index contributed by atoms with van der Waals surface area (Å²) in [4.78, 5) is 51.9. The Morgan fingerprint density at radius 1 is 1.02 bits per heavy atom. The number of nitrogens with zero attached hydrogens (tertiary/aromatic N) is 4. The number of aromatic nitrogens is 4. The summed E-state index contributed by atoms with van der Waals surface area (Å²) in [6, 6.07) is 12.9. The van der Waals surface area contributed by atoms with E-state index in [1.54, 1.807) is 13.8 Å². The molecule has 3 N–H and O–H groups in total. The Bertz CT molecular complexity index is 2150. The molecule has 0 bridgehead atoms. The van der Waals surface area contributed by atoms with Crippen molar-refractivity contribution in [3.63, 3.8) is 0 Å². The highest BCUT2D eigenvalue weighted by Crippen LogP contribution is 2.41. The van der Waals surface area contributed by atoms with Crippen molar-refractivity contribution in [1.82, 2.24) is 25.3 Å². The summed E-state index contributed by atoms with van der Waals surface area (Å²) in [5.41, 5.74) is -0.518. The van der Waals surface area contributed by atoms with Crippen LogP contribution in [0.15, 0.2) is 53.0 Å². The minimum absolute atomic E-state index is 0.169. The van der Waals surface area contributed by atoms with Crippen LogP contribution in [0.25, 0.3) is 22.5 Å². The van der Waals surface area contributed by atoms with Crippen LogP contribution in [-0.2, 0) is 38.2 Å². The Morgan fingerprint density at radius 3 is 2.14 bits per heavy atom. The molecular weight excluding hydrogens is 1020 g/mol. The number of carbonyl (C=O) groups is 3. The normalized spacial score (nSPS) is 11.9. The topological polar surface area (TPSA) is 206 Å². The van der Waals surface area contributed by atoms with E-state index in [4.69, 9.17) is 42.7 Å². The number of unbranched alkanes of at least 4 members (excludes halogenated alkanes) is 5. The van der Waals surface area contributed by atoms with Crippen molar-refractivity contribution in [2.75, 3.05) is 37.4 Å². The molecule has 4 rings (SSSR count). The predicted molar refractivity (Wildman–Crippen MR) is 247 cm³/mol. The van der Waals surface area contributed by atoms with Crippen molar-refractivity contribution < 1.29 is 60.9 Å². The molecule has 2 aromatic heterocycles. The highest BCUT2D eigenvalue weighted by molar-refractivity contribution is 9.10. The molecule has 1 unspecified atom stereocenters. The Balaban J connectivity index is 0.000000496. The molecule has 64 heavy (non-hydrogen) atoms. The molecule has 356 valence electrons. The van der Waals surface area contributed by atoms with Crippen molar-refractivity contribution >= 4 is 86.6 Å². The third-order valence-corrected chi connectivity index (χ3v) is 10.1. The molecule has 0 saturated carbocycles. The van der Waals surface area contributed by atoms with E-state index in [0.29, 0.717) is 27.0 Å². The van der Waals surface area contributed by atoms with Crippen molar-refractivity contribution in [3.05, 3.63) is 80.3 Å². The zero-order chi connectivity index (χ0) is 48.8. The molecule has 0 fully saturated rings. The maximum absolute atomic E-state index is 14.3. The second-order valence-electron chi connectivity index (χ2n) is 14.0. The van der Waals surface area contributed by atoms with E-state index in [0.717, 1.165) is 43.3 Å². The number of halogens is 7. The summed E-state index contributed by atoms with van der Waals surface area (Å²) in [5.74, 6) is -1.80. The van der Waals surface area contributed by atoms with Crippen molar-refractivity contribution in [3.8, 4) is 28.3 Å². The van der Waals surface area contributed by atoms with Crippen LogP contribution < -0.4 is 14.9 Å². The first-order valence-corrected chi connectivity index (χ1v) is 25.9. The number of aliphatic carboxylic acids is 1. The van der Waals surface area contributed by atoms with Gasteiger partial charge in [-0.05, 0) is 71.0 Å². The van der Waals surface area contributed by atoms with Crippen molar-refractivity contribution in [1.29, 1.82) is 0 Å². The lowest BCUT2D eigenvalue weighted by molar-refractivity contribution is -0.193. The highest BCUT2D eigenvalue weighted by Gasteiger charge is 2.39. The van der Waals surface area contributed by atoms with E-state index in [1.165, 1.54) is 43.5 Å². The zero-order valence-electron chi connectivity index (χ0n) is 36.0. The molecule has 14 nitrogen and oxygen atoms in total. The van der Waals surface area contributed by atoms with Crippen LogP contribution in [0.3, 0.4) is 0 Å². The molecule has 2 heterocycles. The van der Waals surface area contributed by atoms with E-state index < -0.39 is 60.6 Å². The van der Waals surface area contributed by atoms with Gasteiger partial charge in [0.2, 0.25) is 0 Å². The third kappa shape index (κ3) is 23.3. The standard InChI is InChI=1S/C19H23ClN2O2S.C15H12BrClF4N2O2.C3H8NO5P.C3H9S/c1-2-3-4-5-6-10-13-25-19(23)24-16-14-17(20)21-22-18(16)15-11-8-7-9-12-15;1-6(2)25-14(24)7-4-8(10(18)5-9(7)17)12-11(16)13(15(19,20)21)23(3)22-12;5-3(6)1-4-2-10(7,8)9;1-4(2)3/h7-9,11-12,14H,2-6,10,13H2,1H3;4-6H,1-3H3;4H,1-2H2,(H,5,6)(H2,7,8,9);1-3H3/q;;;+1/p-1. The van der Waals surface area contributed by atoms with Gasteiger partial charge in [-0.2, -0.15) is 18.3 Å². The first-order chi connectivity index (χ1) is 29.8. The number of carboxylic acid groups (broad SMARTS) is 1. The Morgan fingerprint density at radius 2 is 1.61 bits per heavy atom. The summed E-state index contributed by atoms with van der Waals surface area (Å²) in [6.07, 6.45) is 7.93. The summed E-state index contributed by atoms with van der Waals surface area (Å²) in [7, 11) is -2.63. The number of aryl methyl sites for hydroxylation is 1. The molecule has 0 aliphatic rings. The van der Waals surface area contributed by atoms with E-state index >= 15 is 0 Å². The third-order valence-electron chi connectivity index (χ3n) is 7.41. The van der Waals surface area contributed by atoms with Crippen LogP contribution in [0.4, 0.5) is 22.4 Å². The Hall–Kier alpha value is -3.27. The molecule has 24 heteroatoms. The molecule has 0 radical (unpaired) electrons. The second-order valence-corrected chi connectivity index (χ2v) is 20.6. The number of nitrogens with one attached hydrogen (secondary N) is 1. The largest absolute Gasteiger partial charge is 0.778 e. The number of benzene rings is 2. The van der Waals surface area contributed by atoms with Crippen molar-refractivity contribution in [2.45, 2.75) is 71.6 Å². The monoisotopic (exact) mass is 1070 g/mol. The fourth-order valence-corrected chi connectivity index (χ4v) is 7.03. The van der Waals surface area contributed by atoms with Gasteiger partial charge in [-0.1, -0.05) is 92.6 Å². The fraction of sp³-hybridized carbons (Fsp3) is 0.450. The second kappa shape index (κ2) is 29.4. The molecule has 0 amide bonds. The molecule has 0 aliphatic heterocycles. The van der Waals surface area contributed by atoms with Gasteiger partial charge in [-0.25, -0.2) is 14.0 Å². The lowest BCUT2D eigenvalue weighted by atomic mass is 10.1. The van der Waals surface area contributed by atoms with Gasteiger partial charge in [0.1, 0.15) is 24.8 Å². The Kier molecular flexibility index (Phi) is 27.0. The van der Waals surface area contributed by atoms with Gasteiger partial charge in [-0.15, -0.1) is 10.2 Å².